The standard InChI is InChI=1S/C9H15NO2.C9H17NO.C9H15NO.C9H17N.C8H15NO.C8H13NO.2C7H13NO.C7H11NO.C7H13N.C6H11NO.C6H11N/c11-8-7-9(1-4-10-8)2-5-12-6-3-9;1-5-10-6-2-9(1)3-7-11-8-4-9;11-8-7-9(5-6-10-8)3-1-2-4-9;1-2-4-9(3-1)5-7-10-8-6-9;1-4-9-7-8(1)2-5-10-6-3-8;10-7-6-8(2-1-3-8)4-5-9-7;1-3-9-4-2-7(1)5-8-6-7;1-3-8-4-2-7(1)5-9-6-7;9-6-4-7(5-8-6)2-1-3-7;1-2-4-7(3-1)5-8-6-7;1-2-7-3-6(1)4-8-5-6;1-2-6(3-1)4-7-5-6/h1-7H2,(H,10,11);10H,1-8H2;1-7H2,(H,10,11);10H,1-8H2;9H,1-7H2;1-6H2,(H,9,10);2*8H,1-6H2;1-5H2,(H,8,9);8H,1-6H2;7H,1-5H2;7H,1-5H2. The van der Waals surface area contributed by atoms with E-state index in [9.17, 15) is 19.2 Å². The highest BCUT2D eigenvalue weighted by atomic mass is 16.5. The molecule has 0 unspecified atom stereocenters. The fourth-order valence-corrected chi connectivity index (χ4v) is 23.6. The Bertz CT molecular complexity index is 2700. The van der Waals surface area contributed by atoms with Crippen LogP contribution in [0.3, 0.4) is 0 Å². The summed E-state index contributed by atoms with van der Waals surface area (Å²) in [5, 5.41) is 38.4. The van der Waals surface area contributed by atoms with Crippen molar-refractivity contribution in [1.29, 1.82) is 0 Å². The molecular formula is C92H164N12O10. The number of piperidine rings is 6. The van der Waals surface area contributed by atoms with Gasteiger partial charge in [0.15, 0.2) is 0 Å². The highest BCUT2D eigenvalue weighted by Crippen LogP contribution is 2.51. The fraction of sp³-hybridized carbons (Fsp3) is 0.957. The summed E-state index contributed by atoms with van der Waals surface area (Å²) < 4.78 is 31.6. The zero-order valence-electron chi connectivity index (χ0n) is 71.8. The van der Waals surface area contributed by atoms with Gasteiger partial charge in [-0.15, -0.1) is 0 Å². The Morgan fingerprint density at radius 2 is 0.404 bits per heavy atom. The quantitative estimate of drug-likeness (QED) is 0.108. The summed E-state index contributed by atoms with van der Waals surface area (Å²) in [5.41, 5.74) is 7.23. The Kier molecular flexibility index (Phi) is 33.5. The first-order valence-corrected chi connectivity index (χ1v) is 47.7. The number of amides is 4. The summed E-state index contributed by atoms with van der Waals surface area (Å²) in [4.78, 5) is 44.0. The molecule has 4 amide bonds. The molecule has 114 heavy (non-hydrogen) atoms. The molecule has 0 aromatic heterocycles. The van der Waals surface area contributed by atoms with Crippen molar-refractivity contribution in [3.8, 4) is 0 Å². The number of carbonyl (C=O) groups excluding carboxylic acids is 4. The van der Waals surface area contributed by atoms with Crippen LogP contribution in [0.4, 0.5) is 0 Å². The lowest BCUT2D eigenvalue weighted by molar-refractivity contribution is -0.129. The molecule has 6 saturated carbocycles. The first-order chi connectivity index (χ1) is 55.5. The van der Waals surface area contributed by atoms with E-state index >= 15 is 0 Å². The molecule has 24 rings (SSSR count). The van der Waals surface area contributed by atoms with E-state index in [1.807, 2.05) is 0 Å². The van der Waals surface area contributed by atoms with E-state index in [-0.39, 0.29) is 23.6 Å². The van der Waals surface area contributed by atoms with Crippen molar-refractivity contribution >= 4 is 23.6 Å². The molecule has 12 N–H and O–H groups in total. The highest BCUT2D eigenvalue weighted by molar-refractivity contribution is 5.79. The smallest absolute Gasteiger partial charge is 0.220 e. The lowest BCUT2D eigenvalue weighted by Crippen LogP contribution is -2.57. The molecule has 18 saturated heterocycles. The van der Waals surface area contributed by atoms with E-state index in [4.69, 9.17) is 28.4 Å². The molecule has 22 heteroatoms. The zero-order chi connectivity index (χ0) is 78.8. The van der Waals surface area contributed by atoms with Gasteiger partial charge in [0.1, 0.15) is 0 Å². The molecule has 6 aliphatic carbocycles. The maximum atomic E-state index is 11.2. The molecule has 24 fully saturated rings. The van der Waals surface area contributed by atoms with Gasteiger partial charge in [-0.2, -0.15) is 0 Å². The zero-order valence-corrected chi connectivity index (χ0v) is 71.8. The Morgan fingerprint density at radius 3 is 0.649 bits per heavy atom. The van der Waals surface area contributed by atoms with Crippen LogP contribution in [-0.4, -0.2) is 234 Å². The summed E-state index contributed by atoms with van der Waals surface area (Å²) >= 11 is 0. The van der Waals surface area contributed by atoms with Crippen LogP contribution >= 0.6 is 0 Å². The lowest BCUT2D eigenvalue weighted by Gasteiger charge is -2.49. The van der Waals surface area contributed by atoms with Gasteiger partial charge < -0.3 is 92.2 Å². The van der Waals surface area contributed by atoms with Crippen molar-refractivity contribution in [1.82, 2.24) is 63.8 Å². The van der Waals surface area contributed by atoms with Crippen LogP contribution in [0, 0.1) is 65.0 Å². The van der Waals surface area contributed by atoms with E-state index in [0.29, 0.717) is 48.7 Å². The SMILES string of the molecule is C1CC2(C1)CNC2.C1CC2(CCN1)CCOCC2.C1CC2(CCN1)COC2.C1CC2(CCO1)CNC2.C1CC2(CCOCC2)CN1.C1CC2(CN1)COC2.C1CCC2(C1)CCNCC2.C1CCC2(C1)CNC2.O=C1CC2(CCC2)CCN1.O=C1CC2(CCC2)CN1.O=C1CC2(CCCC2)CCN1.O=C1CC2(CCN1)CCOCC2. The second-order valence-corrected chi connectivity index (χ2v) is 41.8. The number of rotatable bonds is 0. The molecule has 0 aromatic carbocycles. The van der Waals surface area contributed by atoms with Gasteiger partial charge in [-0.25, -0.2) is 0 Å². The van der Waals surface area contributed by atoms with Crippen molar-refractivity contribution in [2.24, 2.45) is 65.0 Å². The van der Waals surface area contributed by atoms with Gasteiger partial charge in [-0.3, -0.25) is 19.2 Å². The van der Waals surface area contributed by atoms with E-state index in [1.54, 1.807) is 0 Å². The summed E-state index contributed by atoms with van der Waals surface area (Å²) in [6, 6.07) is 0. The molecule has 18 aliphatic heterocycles. The molecule has 22 nitrogen and oxygen atoms in total. The average molecular weight is 1600 g/mol. The third-order valence-electron chi connectivity index (χ3n) is 33.5. The Balaban J connectivity index is 0.000000109. The molecule has 18 heterocycles. The molecule has 652 valence electrons. The van der Waals surface area contributed by atoms with Gasteiger partial charge in [0.2, 0.25) is 23.6 Å². The first-order valence-electron chi connectivity index (χ1n) is 47.7. The van der Waals surface area contributed by atoms with Gasteiger partial charge in [0, 0.05) is 168 Å². The predicted octanol–water partition coefficient (Wildman–Crippen LogP) is 10.4. The summed E-state index contributed by atoms with van der Waals surface area (Å²) in [5.74, 6) is 1.03. The average Bonchev–Trinajstić information content (AvgIpc) is 1.38. The lowest BCUT2D eigenvalue weighted by atomic mass is 9.63. The number of ether oxygens (including phenoxy) is 6. The summed E-state index contributed by atoms with van der Waals surface area (Å²) in [6.07, 6.45) is 57.1. The van der Waals surface area contributed by atoms with Gasteiger partial charge in [-0.1, -0.05) is 57.8 Å². The van der Waals surface area contributed by atoms with E-state index in [2.05, 4.69) is 63.8 Å². The molecular weight excluding hydrogens is 1430 g/mol. The Morgan fingerprint density at radius 1 is 0.167 bits per heavy atom. The van der Waals surface area contributed by atoms with Crippen LogP contribution in [0.5, 0.6) is 0 Å². The Labute approximate surface area is 689 Å². The van der Waals surface area contributed by atoms with Crippen LogP contribution in [0.15, 0.2) is 0 Å². The second kappa shape index (κ2) is 42.9. The van der Waals surface area contributed by atoms with Crippen LogP contribution < -0.4 is 63.8 Å². The minimum Gasteiger partial charge on any atom is -0.381 e. The number of carbonyl (C=O) groups is 4. The topological polar surface area (TPSA) is 268 Å². The third-order valence-corrected chi connectivity index (χ3v) is 33.5. The minimum absolute atomic E-state index is 0.225. The van der Waals surface area contributed by atoms with Gasteiger partial charge in [0.05, 0.1) is 26.4 Å². The largest absolute Gasteiger partial charge is 0.381 e. The molecule has 12 spiro atoms. The highest BCUT2D eigenvalue weighted by Gasteiger charge is 2.47. The van der Waals surface area contributed by atoms with Gasteiger partial charge in [0.25, 0.3) is 0 Å². The normalized spacial score (nSPS) is 30.9. The molecule has 0 aromatic rings. The second-order valence-electron chi connectivity index (χ2n) is 41.8. The maximum absolute atomic E-state index is 11.2. The van der Waals surface area contributed by atoms with Crippen molar-refractivity contribution < 1.29 is 47.6 Å². The van der Waals surface area contributed by atoms with Gasteiger partial charge >= 0.3 is 0 Å². The van der Waals surface area contributed by atoms with Crippen LogP contribution in [0.25, 0.3) is 0 Å². The van der Waals surface area contributed by atoms with E-state index < -0.39 is 0 Å². The number of hydrogen-bond donors (Lipinski definition) is 12. The van der Waals surface area contributed by atoms with E-state index in [1.165, 1.54) is 342 Å². The van der Waals surface area contributed by atoms with Crippen molar-refractivity contribution in [2.75, 3.05) is 210 Å². The molecule has 0 atom stereocenters. The van der Waals surface area contributed by atoms with Crippen LogP contribution in [-0.2, 0) is 47.6 Å². The predicted molar refractivity (Wildman–Crippen MR) is 452 cm³/mol. The third kappa shape index (κ3) is 25.7. The van der Waals surface area contributed by atoms with Gasteiger partial charge in [-0.05, 0) is 306 Å². The number of nitrogens with one attached hydrogen (secondary N) is 12. The van der Waals surface area contributed by atoms with Crippen LogP contribution in [0.2, 0.25) is 0 Å². The summed E-state index contributed by atoms with van der Waals surface area (Å²) in [6.45, 7) is 35.3. The molecule has 0 bridgehead atoms. The Hall–Kier alpha value is -2.68. The number of hydrogen-bond acceptors (Lipinski definition) is 18. The van der Waals surface area contributed by atoms with Crippen molar-refractivity contribution in [3.05, 3.63) is 0 Å². The summed E-state index contributed by atoms with van der Waals surface area (Å²) in [7, 11) is 0. The molecule has 0 radical (unpaired) electrons. The minimum atomic E-state index is 0.225. The molecule has 24 aliphatic rings. The maximum Gasteiger partial charge on any atom is 0.220 e. The fourth-order valence-electron chi connectivity index (χ4n) is 23.6. The monoisotopic (exact) mass is 1600 g/mol. The first kappa shape index (κ1) is 89.1. The van der Waals surface area contributed by atoms with Crippen LogP contribution in [0.1, 0.15) is 283 Å². The van der Waals surface area contributed by atoms with Crippen molar-refractivity contribution in [3.63, 3.8) is 0 Å². The van der Waals surface area contributed by atoms with E-state index in [0.717, 1.165) is 167 Å². The van der Waals surface area contributed by atoms with Crippen molar-refractivity contribution in [2.45, 2.75) is 283 Å².